The number of nitrogens with zero attached hydrogens (tertiary/aromatic N) is 1. The van der Waals surface area contributed by atoms with Gasteiger partial charge >= 0.3 is 0 Å². The average molecular weight is 530 g/mol. The Kier molecular flexibility index (Phi) is 9.97. The number of anilines is 1. The molecule has 0 heterocycles. The second-order valence-corrected chi connectivity index (χ2v) is 8.32. The predicted octanol–water partition coefficient (Wildman–Crippen LogP) is 5.46. The van der Waals surface area contributed by atoms with E-state index in [0.717, 1.165) is 5.56 Å². The first-order valence-electron chi connectivity index (χ1n) is 10.9. The third kappa shape index (κ3) is 7.90. The number of methoxy groups -OCH3 is 2. The lowest BCUT2D eigenvalue weighted by molar-refractivity contribution is -0.124. The van der Waals surface area contributed by atoms with Gasteiger partial charge in [0.2, 0.25) is 11.8 Å². The summed E-state index contributed by atoms with van der Waals surface area (Å²) in [6.07, 6.45) is 1.44. The SMILES string of the molecule is COc1ccccc1NC(=O)CCC(=O)NN=Cc1ccc(OCc2ccc(Cl)cc2Cl)c(OC)c1. The lowest BCUT2D eigenvalue weighted by Crippen LogP contribution is -2.20. The van der Waals surface area contributed by atoms with Crippen molar-refractivity contribution >= 4 is 46.9 Å². The summed E-state index contributed by atoms with van der Waals surface area (Å²) in [5, 5.41) is 7.73. The molecule has 2 N–H and O–H groups in total. The average Bonchev–Trinajstić information content (AvgIpc) is 2.87. The molecular formula is C26H25Cl2N3O5. The van der Waals surface area contributed by atoms with Gasteiger partial charge in [-0.1, -0.05) is 41.4 Å². The quantitative estimate of drug-likeness (QED) is 0.254. The molecule has 3 aromatic rings. The lowest BCUT2D eigenvalue weighted by Gasteiger charge is -2.12. The minimum Gasteiger partial charge on any atom is -0.495 e. The molecule has 3 aromatic carbocycles. The van der Waals surface area contributed by atoms with Crippen molar-refractivity contribution in [2.75, 3.05) is 19.5 Å². The van der Waals surface area contributed by atoms with Gasteiger partial charge in [0, 0.05) is 28.5 Å². The van der Waals surface area contributed by atoms with E-state index in [1.807, 2.05) is 0 Å². The third-order valence-corrected chi connectivity index (χ3v) is 5.54. The fraction of sp³-hybridized carbons (Fsp3) is 0.192. The molecule has 0 aromatic heterocycles. The number of ether oxygens (including phenoxy) is 3. The first kappa shape index (κ1) is 26.8. The third-order valence-electron chi connectivity index (χ3n) is 4.95. The predicted molar refractivity (Wildman–Crippen MR) is 140 cm³/mol. The van der Waals surface area contributed by atoms with E-state index in [2.05, 4.69) is 15.8 Å². The Morgan fingerprint density at radius 1 is 0.889 bits per heavy atom. The van der Waals surface area contributed by atoms with Crippen LogP contribution < -0.4 is 25.0 Å². The van der Waals surface area contributed by atoms with Crippen molar-refractivity contribution < 1.29 is 23.8 Å². The number of carbonyl (C=O) groups excluding carboxylic acids is 2. The van der Waals surface area contributed by atoms with Crippen LogP contribution in [-0.2, 0) is 16.2 Å². The van der Waals surface area contributed by atoms with Gasteiger partial charge in [-0.15, -0.1) is 0 Å². The zero-order valence-corrected chi connectivity index (χ0v) is 21.2. The molecule has 0 aliphatic heterocycles. The number of amides is 2. The van der Waals surface area contributed by atoms with E-state index in [-0.39, 0.29) is 25.4 Å². The summed E-state index contributed by atoms with van der Waals surface area (Å²) in [6, 6.07) is 17.4. The van der Waals surface area contributed by atoms with Crippen LogP contribution in [-0.4, -0.2) is 32.2 Å². The Labute approximate surface area is 219 Å². The summed E-state index contributed by atoms with van der Waals surface area (Å²) in [4.78, 5) is 24.2. The van der Waals surface area contributed by atoms with Crippen molar-refractivity contribution in [2.24, 2.45) is 5.10 Å². The van der Waals surface area contributed by atoms with E-state index < -0.39 is 5.91 Å². The Hall–Kier alpha value is -3.75. The minimum absolute atomic E-state index is 0.00308. The van der Waals surface area contributed by atoms with Crippen LogP contribution in [0.25, 0.3) is 0 Å². The number of hydrogen-bond acceptors (Lipinski definition) is 6. The summed E-state index contributed by atoms with van der Waals surface area (Å²) >= 11 is 12.1. The van der Waals surface area contributed by atoms with Crippen LogP contribution >= 0.6 is 23.2 Å². The molecule has 0 saturated heterocycles. The number of hydrazone groups is 1. The molecule has 0 aliphatic carbocycles. The van der Waals surface area contributed by atoms with Crippen LogP contribution in [0, 0.1) is 0 Å². The highest BCUT2D eigenvalue weighted by molar-refractivity contribution is 6.35. The summed E-state index contributed by atoms with van der Waals surface area (Å²) in [6.45, 7) is 0.237. The number of nitrogens with one attached hydrogen (secondary N) is 2. The summed E-state index contributed by atoms with van der Waals surface area (Å²) < 4.78 is 16.4. The number of halogens is 2. The normalized spacial score (nSPS) is 10.7. The zero-order valence-electron chi connectivity index (χ0n) is 19.7. The molecule has 188 valence electrons. The molecule has 10 heteroatoms. The van der Waals surface area contributed by atoms with Crippen LogP contribution in [0.3, 0.4) is 0 Å². The molecule has 0 unspecified atom stereocenters. The Balaban J connectivity index is 1.48. The molecule has 0 radical (unpaired) electrons. The molecule has 8 nitrogen and oxygen atoms in total. The number of rotatable bonds is 11. The Morgan fingerprint density at radius 2 is 1.64 bits per heavy atom. The van der Waals surface area contributed by atoms with Crippen LogP contribution in [0.2, 0.25) is 10.0 Å². The van der Waals surface area contributed by atoms with Gasteiger partial charge in [-0.2, -0.15) is 5.10 Å². The van der Waals surface area contributed by atoms with Crippen LogP contribution in [0.1, 0.15) is 24.0 Å². The van der Waals surface area contributed by atoms with Gasteiger partial charge in [-0.05, 0) is 48.0 Å². The van der Waals surface area contributed by atoms with Crippen molar-refractivity contribution in [3.8, 4) is 17.2 Å². The zero-order chi connectivity index (χ0) is 25.9. The molecule has 0 spiro atoms. The van der Waals surface area contributed by atoms with Crippen molar-refractivity contribution in [1.29, 1.82) is 0 Å². The first-order chi connectivity index (χ1) is 17.4. The van der Waals surface area contributed by atoms with Gasteiger partial charge in [0.15, 0.2) is 11.5 Å². The molecule has 0 saturated carbocycles. The topological polar surface area (TPSA) is 98.2 Å². The van der Waals surface area contributed by atoms with Crippen molar-refractivity contribution in [3.05, 3.63) is 81.8 Å². The van der Waals surface area contributed by atoms with Crippen molar-refractivity contribution in [2.45, 2.75) is 19.4 Å². The van der Waals surface area contributed by atoms with Crippen molar-refractivity contribution in [1.82, 2.24) is 5.43 Å². The van der Waals surface area contributed by atoms with E-state index >= 15 is 0 Å². The highest BCUT2D eigenvalue weighted by atomic mass is 35.5. The Bertz CT molecular complexity index is 1250. The molecule has 0 fully saturated rings. The number of para-hydroxylation sites is 2. The molecule has 0 atom stereocenters. The van der Waals surface area contributed by atoms with Gasteiger partial charge in [-0.25, -0.2) is 5.43 Å². The molecule has 36 heavy (non-hydrogen) atoms. The second kappa shape index (κ2) is 13.4. The fourth-order valence-electron chi connectivity index (χ4n) is 3.10. The minimum atomic E-state index is -0.395. The monoisotopic (exact) mass is 529 g/mol. The highest BCUT2D eigenvalue weighted by Crippen LogP contribution is 2.30. The molecular weight excluding hydrogens is 505 g/mol. The largest absolute Gasteiger partial charge is 0.495 e. The van der Waals surface area contributed by atoms with Gasteiger partial charge in [0.1, 0.15) is 12.4 Å². The number of carbonyl (C=O) groups is 2. The highest BCUT2D eigenvalue weighted by Gasteiger charge is 2.10. The molecule has 3 rings (SSSR count). The van der Waals surface area contributed by atoms with Crippen LogP contribution in [0.4, 0.5) is 5.69 Å². The first-order valence-corrected chi connectivity index (χ1v) is 11.6. The summed E-state index contributed by atoms with van der Waals surface area (Å²) in [5.74, 6) is 0.849. The molecule has 0 bridgehead atoms. The summed E-state index contributed by atoms with van der Waals surface area (Å²) in [7, 11) is 3.04. The molecule has 0 aliphatic rings. The van der Waals surface area contributed by atoms with E-state index in [1.165, 1.54) is 20.4 Å². The molecule has 2 amide bonds. The van der Waals surface area contributed by atoms with Gasteiger partial charge in [-0.3, -0.25) is 9.59 Å². The maximum atomic E-state index is 12.1. The van der Waals surface area contributed by atoms with Gasteiger partial charge in [0.05, 0.1) is 26.1 Å². The van der Waals surface area contributed by atoms with Gasteiger partial charge < -0.3 is 19.5 Å². The maximum absolute atomic E-state index is 12.1. The Morgan fingerprint density at radius 3 is 2.39 bits per heavy atom. The smallest absolute Gasteiger partial charge is 0.240 e. The second-order valence-electron chi connectivity index (χ2n) is 7.48. The van der Waals surface area contributed by atoms with Crippen LogP contribution in [0.15, 0.2) is 65.8 Å². The van der Waals surface area contributed by atoms with E-state index in [4.69, 9.17) is 37.4 Å². The summed E-state index contributed by atoms with van der Waals surface area (Å²) in [5.41, 5.74) is 4.42. The van der Waals surface area contributed by atoms with E-state index in [9.17, 15) is 9.59 Å². The number of hydrogen-bond donors (Lipinski definition) is 2. The van der Waals surface area contributed by atoms with Crippen LogP contribution in [0.5, 0.6) is 17.2 Å². The number of benzene rings is 3. The van der Waals surface area contributed by atoms with E-state index in [0.29, 0.717) is 38.5 Å². The fourth-order valence-corrected chi connectivity index (χ4v) is 3.56. The standard InChI is InChI=1S/C26H25Cl2N3O5/c1-34-22-6-4-3-5-21(22)30-25(32)11-12-26(33)31-29-15-17-7-10-23(24(13-17)35-2)36-16-18-8-9-19(27)14-20(18)28/h3-10,13-15H,11-12,16H2,1-2H3,(H,30,32)(H,31,33). The van der Waals surface area contributed by atoms with Gasteiger partial charge in [0.25, 0.3) is 0 Å². The van der Waals surface area contributed by atoms with E-state index in [1.54, 1.807) is 60.7 Å². The maximum Gasteiger partial charge on any atom is 0.240 e. The lowest BCUT2D eigenvalue weighted by atomic mass is 10.2. The van der Waals surface area contributed by atoms with Crippen molar-refractivity contribution in [3.63, 3.8) is 0 Å².